The molecule has 2 aliphatic heterocycles. The highest BCUT2D eigenvalue weighted by atomic mass is 16.5. The van der Waals surface area contributed by atoms with Gasteiger partial charge in [-0.05, 0) is 26.8 Å². The molecular weight excluding hydrogens is 306 g/mol. The van der Waals surface area contributed by atoms with Gasteiger partial charge in [0, 0.05) is 51.7 Å². The van der Waals surface area contributed by atoms with E-state index in [1.165, 1.54) is 12.8 Å². The fourth-order valence-corrected chi connectivity index (χ4v) is 3.68. The van der Waals surface area contributed by atoms with Crippen molar-refractivity contribution < 1.29 is 9.26 Å². The first-order chi connectivity index (χ1) is 11.7. The predicted molar refractivity (Wildman–Crippen MR) is 89.9 cm³/mol. The molecule has 1 saturated carbocycles. The highest BCUT2D eigenvalue weighted by Gasteiger charge is 2.32. The van der Waals surface area contributed by atoms with Gasteiger partial charge in [0.1, 0.15) is 0 Å². The van der Waals surface area contributed by atoms with Crippen molar-refractivity contribution >= 4 is 0 Å². The van der Waals surface area contributed by atoms with E-state index in [0.29, 0.717) is 12.0 Å². The Morgan fingerprint density at radius 2 is 1.96 bits per heavy atom. The average molecular weight is 335 g/mol. The monoisotopic (exact) mass is 335 g/mol. The molecule has 0 amide bonds. The zero-order valence-electron chi connectivity index (χ0n) is 14.9. The van der Waals surface area contributed by atoms with Crippen LogP contribution in [0.15, 0.2) is 4.52 Å². The van der Waals surface area contributed by atoms with Crippen molar-refractivity contribution in [3.63, 3.8) is 0 Å². The molecule has 3 fully saturated rings. The van der Waals surface area contributed by atoms with E-state index in [4.69, 9.17) is 9.26 Å². The quantitative estimate of drug-likeness (QED) is 0.794. The van der Waals surface area contributed by atoms with Crippen LogP contribution < -0.4 is 0 Å². The zero-order chi connectivity index (χ0) is 16.5. The predicted octanol–water partition coefficient (Wildman–Crippen LogP) is 0.956. The summed E-state index contributed by atoms with van der Waals surface area (Å²) >= 11 is 0. The summed E-state index contributed by atoms with van der Waals surface area (Å²) < 4.78 is 11.4. The number of likely N-dealkylation sites (N-methyl/N-ethyl adjacent to an activating group) is 1. The molecule has 3 heterocycles. The number of nitrogens with zero attached hydrogens (tertiary/aromatic N) is 5. The molecule has 0 aromatic carbocycles. The summed E-state index contributed by atoms with van der Waals surface area (Å²) in [4.78, 5) is 11.9. The Hall–Kier alpha value is -1.02. The fourth-order valence-electron chi connectivity index (χ4n) is 3.68. The van der Waals surface area contributed by atoms with E-state index in [9.17, 15) is 0 Å². The molecule has 7 nitrogen and oxygen atoms in total. The summed E-state index contributed by atoms with van der Waals surface area (Å²) in [5.74, 6) is 2.25. The summed E-state index contributed by atoms with van der Waals surface area (Å²) in [6, 6.07) is 0.212. The van der Waals surface area contributed by atoms with E-state index in [1.807, 2.05) is 0 Å². The lowest BCUT2D eigenvalue weighted by molar-refractivity contribution is -0.0430. The number of aromatic nitrogens is 2. The Bertz CT molecular complexity index is 539. The second kappa shape index (κ2) is 7.07. The second-order valence-corrected chi connectivity index (χ2v) is 7.53. The van der Waals surface area contributed by atoms with Crippen molar-refractivity contribution in [1.29, 1.82) is 0 Å². The number of rotatable bonds is 5. The summed E-state index contributed by atoms with van der Waals surface area (Å²) in [6.45, 7) is 10.4. The minimum atomic E-state index is 0.212. The van der Waals surface area contributed by atoms with Crippen LogP contribution in [-0.2, 0) is 4.74 Å². The molecule has 3 aliphatic rings. The third-order valence-corrected chi connectivity index (χ3v) is 5.52. The lowest BCUT2D eigenvalue weighted by atomic mass is 10.2. The van der Waals surface area contributed by atoms with E-state index in [-0.39, 0.29) is 6.04 Å². The molecule has 4 rings (SSSR count). The van der Waals surface area contributed by atoms with Crippen LogP contribution in [0, 0.1) is 0 Å². The lowest BCUT2D eigenvalue weighted by Crippen LogP contribution is -2.52. The van der Waals surface area contributed by atoms with Gasteiger partial charge in [0.05, 0.1) is 18.8 Å². The minimum absolute atomic E-state index is 0.212. The molecule has 0 bridgehead atoms. The lowest BCUT2D eigenvalue weighted by Gasteiger charge is -2.39. The molecule has 0 unspecified atom stereocenters. The molecule has 1 aromatic rings. The van der Waals surface area contributed by atoms with Crippen LogP contribution in [0.3, 0.4) is 0 Å². The molecule has 1 aromatic heterocycles. The SMILES string of the molecule is C[C@@H](c1nc(C2CC2)no1)N1CCN(C[C@@H]2CN(C)CCO2)CC1. The first-order valence-corrected chi connectivity index (χ1v) is 9.29. The largest absolute Gasteiger partial charge is 0.374 e. The third-order valence-electron chi connectivity index (χ3n) is 5.52. The molecule has 1 aliphatic carbocycles. The van der Waals surface area contributed by atoms with Crippen molar-refractivity contribution in [2.75, 3.05) is 59.5 Å². The maximum atomic E-state index is 5.90. The van der Waals surface area contributed by atoms with E-state index in [0.717, 1.165) is 64.1 Å². The van der Waals surface area contributed by atoms with Gasteiger partial charge < -0.3 is 14.2 Å². The molecule has 0 N–H and O–H groups in total. The highest BCUT2D eigenvalue weighted by molar-refractivity contribution is 5.04. The molecule has 0 radical (unpaired) electrons. The van der Waals surface area contributed by atoms with Crippen LogP contribution in [0.2, 0.25) is 0 Å². The maximum Gasteiger partial charge on any atom is 0.243 e. The second-order valence-electron chi connectivity index (χ2n) is 7.53. The van der Waals surface area contributed by atoms with Gasteiger partial charge in [0.2, 0.25) is 5.89 Å². The van der Waals surface area contributed by atoms with Crippen molar-refractivity contribution in [3.8, 4) is 0 Å². The van der Waals surface area contributed by atoms with Gasteiger partial charge in [-0.15, -0.1) is 0 Å². The molecule has 2 atom stereocenters. The van der Waals surface area contributed by atoms with E-state index >= 15 is 0 Å². The first-order valence-electron chi connectivity index (χ1n) is 9.29. The van der Waals surface area contributed by atoms with Crippen molar-refractivity contribution in [3.05, 3.63) is 11.7 Å². The van der Waals surface area contributed by atoms with Crippen LogP contribution in [-0.4, -0.2) is 90.4 Å². The number of hydrogen-bond donors (Lipinski definition) is 0. The van der Waals surface area contributed by atoms with Gasteiger partial charge in [0.15, 0.2) is 5.82 Å². The molecule has 134 valence electrons. The minimum Gasteiger partial charge on any atom is -0.374 e. The summed E-state index contributed by atoms with van der Waals surface area (Å²) in [5.41, 5.74) is 0. The number of piperazine rings is 1. The topological polar surface area (TPSA) is 57.9 Å². The standard InChI is InChI=1S/C17H29N5O2/c1-13(17-18-16(19-24-17)14-3-4-14)22-7-5-21(6-8-22)12-15-11-20(2)9-10-23-15/h13-15H,3-12H2,1-2H3/t13-,15-/m0/s1. The van der Waals surface area contributed by atoms with Gasteiger partial charge in [-0.25, -0.2) is 0 Å². The Labute approximate surface area is 143 Å². The smallest absolute Gasteiger partial charge is 0.243 e. The van der Waals surface area contributed by atoms with Crippen molar-refractivity contribution in [2.24, 2.45) is 0 Å². The van der Waals surface area contributed by atoms with Crippen LogP contribution in [0.4, 0.5) is 0 Å². The molecule has 7 heteroatoms. The third kappa shape index (κ3) is 3.79. The number of morpholine rings is 1. The highest BCUT2D eigenvalue weighted by Crippen LogP contribution is 2.38. The van der Waals surface area contributed by atoms with Crippen LogP contribution >= 0.6 is 0 Å². The normalized spacial score (nSPS) is 29.0. The van der Waals surface area contributed by atoms with E-state index in [1.54, 1.807) is 0 Å². The van der Waals surface area contributed by atoms with Crippen molar-refractivity contribution in [1.82, 2.24) is 24.8 Å². The first kappa shape index (κ1) is 16.4. The average Bonchev–Trinajstić information content (AvgIpc) is 3.32. The molecule has 24 heavy (non-hydrogen) atoms. The Morgan fingerprint density at radius 1 is 1.17 bits per heavy atom. The zero-order valence-corrected chi connectivity index (χ0v) is 14.9. The number of hydrogen-bond acceptors (Lipinski definition) is 7. The van der Waals surface area contributed by atoms with Crippen molar-refractivity contribution in [2.45, 2.75) is 37.8 Å². The Morgan fingerprint density at radius 3 is 2.67 bits per heavy atom. The Balaban J connectivity index is 1.25. The molecule has 0 spiro atoms. The number of ether oxygens (including phenoxy) is 1. The van der Waals surface area contributed by atoms with Gasteiger partial charge in [-0.1, -0.05) is 5.16 Å². The van der Waals surface area contributed by atoms with E-state index in [2.05, 4.69) is 38.8 Å². The fraction of sp³-hybridized carbons (Fsp3) is 0.882. The summed E-state index contributed by atoms with van der Waals surface area (Å²) in [7, 11) is 2.18. The van der Waals surface area contributed by atoms with Crippen LogP contribution in [0.1, 0.15) is 43.4 Å². The van der Waals surface area contributed by atoms with Gasteiger partial charge in [-0.3, -0.25) is 9.80 Å². The maximum absolute atomic E-state index is 5.90. The molecule has 2 saturated heterocycles. The van der Waals surface area contributed by atoms with E-state index < -0.39 is 0 Å². The van der Waals surface area contributed by atoms with Gasteiger partial charge in [-0.2, -0.15) is 4.98 Å². The van der Waals surface area contributed by atoms with Gasteiger partial charge >= 0.3 is 0 Å². The summed E-state index contributed by atoms with van der Waals surface area (Å²) in [5, 5.41) is 4.15. The van der Waals surface area contributed by atoms with Crippen LogP contribution in [0.25, 0.3) is 0 Å². The Kier molecular flexibility index (Phi) is 4.85. The van der Waals surface area contributed by atoms with Crippen LogP contribution in [0.5, 0.6) is 0 Å². The molecular formula is C17H29N5O2. The van der Waals surface area contributed by atoms with Gasteiger partial charge in [0.25, 0.3) is 0 Å². The summed E-state index contributed by atoms with van der Waals surface area (Å²) in [6.07, 6.45) is 2.78.